The van der Waals surface area contributed by atoms with Crippen molar-refractivity contribution in [3.8, 4) is 80.1 Å². The van der Waals surface area contributed by atoms with Gasteiger partial charge in [-0.05, 0) is 137 Å². The van der Waals surface area contributed by atoms with E-state index in [1.54, 1.807) is 6.92 Å². The van der Waals surface area contributed by atoms with Crippen LogP contribution in [0, 0.1) is 5.92 Å². The number of fused-ring (bicyclic) bond motifs is 14. The lowest BCUT2D eigenvalue weighted by molar-refractivity contribution is -0.284. The first-order valence-corrected chi connectivity index (χ1v) is 45.0. The number of halogens is 2. The summed E-state index contributed by atoms with van der Waals surface area (Å²) in [4.78, 5) is 141. The zero-order valence-electron chi connectivity index (χ0n) is 74.0. The number of hydrogen-bond donors (Lipinski definition) is 25. The molecule has 0 unspecified atom stereocenters. The molecular weight excluding hydrogens is 1840 g/mol. The Morgan fingerprint density at radius 2 is 1.08 bits per heavy atom. The third-order valence-corrected chi connectivity index (χ3v) is 24.8. The summed E-state index contributed by atoms with van der Waals surface area (Å²) in [6.45, 7) is 3.99. The van der Waals surface area contributed by atoms with Crippen LogP contribution in [0.2, 0.25) is 10.0 Å². The number of hydrogen-bond acceptors (Lipinski definition) is 34. The summed E-state index contributed by atoms with van der Waals surface area (Å²) in [5, 5.41) is 187. The third kappa shape index (κ3) is 22.7. The molecule has 3 fully saturated rings. The van der Waals surface area contributed by atoms with Crippen molar-refractivity contribution in [2.75, 3.05) is 39.5 Å². The number of nitrogens with one attached hydrogen (secondary N) is 10. The minimum atomic E-state index is -2.52. The minimum Gasteiger partial charge on any atom is -0.508 e. The van der Waals surface area contributed by atoms with Crippen LogP contribution >= 0.6 is 23.2 Å². The monoisotopic (exact) mass is 1950 g/mol. The highest BCUT2D eigenvalue weighted by molar-refractivity contribution is 6.32. The van der Waals surface area contributed by atoms with E-state index in [1.807, 2.05) is 0 Å². The van der Waals surface area contributed by atoms with Crippen LogP contribution in [0.15, 0.2) is 115 Å². The molecule has 0 spiro atoms. The van der Waals surface area contributed by atoms with Gasteiger partial charge in [-0.2, -0.15) is 0 Å². The zero-order valence-corrected chi connectivity index (χ0v) is 75.5. The van der Waals surface area contributed by atoms with Crippen LogP contribution in [-0.2, 0) is 68.5 Å². The SMILES string of the molecule is CCNCCNC(=O)[C@H]1NC(=O)[C@H]2NC(=O)[C@H](NC(=O)[C@@H]3NC(=O)[C@H]4NC(=O)[C@@H](Cc5ccc(c(Cl)c5)Oc5cc3cc(c5O[C@@H]3O[C@@H](CO)[C@@H](O)[C@H](O)[C@@H]3NC(=O)CCCCCCC(C)C)Oc3ccc(cc3Cl)[C@H]2O[C@@H]2O[C@@H](CO)[C@@H](O)[C@H](O)[C@@H]2NC(C)=O)NC(=O)[C@H](N)c2ccc(O)c(c2)Oc2cc(O)cc4c2)c2ccc(O)c(c2)-c2c(O[C@H]3O[C@H](CO)[C@@H](O)[C@@H](O)[C@@H]3O)cc(O)cc21. The Labute approximate surface area is 791 Å². The normalized spacial score (nSPS) is 28.3. The van der Waals surface area contributed by atoms with Crippen LogP contribution < -0.4 is 82.6 Å². The molecule has 17 bridgehead atoms. The predicted octanol–water partition coefficient (Wildman–Crippen LogP) is 0.661. The van der Waals surface area contributed by atoms with Gasteiger partial charge in [0.15, 0.2) is 29.3 Å². The number of phenolic OH excluding ortho intramolecular Hbond substituents is 4. The lowest BCUT2D eigenvalue weighted by Gasteiger charge is -2.44. The highest BCUT2D eigenvalue weighted by Crippen LogP contribution is 2.51. The van der Waals surface area contributed by atoms with Gasteiger partial charge < -0.3 is 173 Å². The maximum atomic E-state index is 17.2. The molecule has 736 valence electrons. The molecule has 16 rings (SSSR count). The largest absolute Gasteiger partial charge is 0.508 e. The number of nitrogens with two attached hydrogens (primary N) is 1. The van der Waals surface area contributed by atoms with Crippen LogP contribution in [0.4, 0.5) is 0 Å². The molecule has 3 saturated heterocycles. The number of carbonyl (C=O) groups excluding carboxylic acids is 9. The average Bonchev–Trinajstić information content (AvgIpc) is 0.747. The molecule has 45 heteroatoms. The zero-order chi connectivity index (χ0) is 98.4. The Kier molecular flexibility index (Phi) is 32.2. The van der Waals surface area contributed by atoms with Gasteiger partial charge in [0.25, 0.3) is 0 Å². The molecule has 7 aromatic carbocycles. The first-order valence-electron chi connectivity index (χ1n) is 44.2. The van der Waals surface area contributed by atoms with Gasteiger partial charge in [-0.15, -0.1) is 0 Å². The highest BCUT2D eigenvalue weighted by atomic mass is 35.5. The highest BCUT2D eigenvalue weighted by Gasteiger charge is 2.52. The number of carbonyl (C=O) groups is 9. The van der Waals surface area contributed by atoms with E-state index in [2.05, 4.69) is 67.0 Å². The third-order valence-electron chi connectivity index (χ3n) is 24.3. The summed E-state index contributed by atoms with van der Waals surface area (Å²) < 4.78 is 58.2. The van der Waals surface area contributed by atoms with Crippen molar-refractivity contribution < 1.29 is 157 Å². The van der Waals surface area contributed by atoms with Crippen LogP contribution in [0.1, 0.15) is 141 Å². The Hall–Kier alpha value is -12.1. The second kappa shape index (κ2) is 43.7. The lowest BCUT2D eigenvalue weighted by atomic mass is 9.89. The molecule has 9 amide bonds. The van der Waals surface area contributed by atoms with Crippen molar-refractivity contribution in [2.45, 2.75) is 213 Å². The van der Waals surface area contributed by atoms with E-state index in [9.17, 15) is 85.9 Å². The van der Waals surface area contributed by atoms with E-state index < -0.39 is 304 Å². The smallest absolute Gasteiger partial charge is 0.248 e. The van der Waals surface area contributed by atoms with Crippen LogP contribution in [-0.4, -0.2) is 268 Å². The summed E-state index contributed by atoms with van der Waals surface area (Å²) >= 11 is 14.9. The number of unbranched alkanes of at least 4 members (excludes halogenated alkanes) is 3. The van der Waals surface area contributed by atoms with Gasteiger partial charge in [-0.25, -0.2) is 0 Å². The molecule has 9 aliphatic heterocycles. The fourth-order valence-electron chi connectivity index (χ4n) is 17.0. The number of rotatable bonds is 23. The van der Waals surface area contributed by atoms with Crippen molar-refractivity contribution in [2.24, 2.45) is 11.7 Å². The Morgan fingerprint density at radius 1 is 0.511 bits per heavy atom. The summed E-state index contributed by atoms with van der Waals surface area (Å²) in [5.41, 5.74) is 3.40. The first kappa shape index (κ1) is 101. The molecule has 26 N–H and O–H groups in total. The van der Waals surface area contributed by atoms with Gasteiger partial charge in [0.05, 0.1) is 29.9 Å². The van der Waals surface area contributed by atoms with Gasteiger partial charge in [-0.3, -0.25) is 43.2 Å². The van der Waals surface area contributed by atoms with E-state index >= 15 is 28.8 Å². The quantitative estimate of drug-likeness (QED) is 0.0391. The molecule has 0 saturated carbocycles. The number of ether oxygens (including phenoxy) is 9. The summed E-state index contributed by atoms with van der Waals surface area (Å²) in [7, 11) is 0. The standard InChI is InChI=1S/C92H107Cl2N11O32/c1-5-96-20-21-97-85(124)70-49-32-46(111)33-58(132-92-80(121)79(120)76(117)63(36-108)135-92)65(49)48-26-41(14-16-53(48)112)67-86(125)105-73(89(128)104-70)81(136-90-71(98-38(4)109)77(118)74(115)61(34-106)133-90)42-15-19-56(51(94)27-42)131-60-30-44-29-59(82(60)137-91-72(78(119)75(116)62(35-107)134-91)100-64(114)11-9-7-6-8-10-37(2)3)130-55-18-12-39(22-50(55)93)23-52-83(122)101-68(87(126)103-69(44)88(127)102-67)43-24-45(110)31-47(25-43)129-57-28-40(13-17-54(57)113)66(95)84(123)99-52/h12-19,22,24-33,37,52,61-63,66-81,90-92,96,106-108,110-113,115-121H,5-11,20-21,23,34-36,95H2,1-4H3,(H,97,124)(H,98,109)(H,99,123)(H,100,114)(H,101,122)(H,102,127)(H,103,126)(H,104,128)(H,105,125)/t52-,61+,62+,63-,66-,67-,68+,69-,70+,71+,72+,73+,74-,75-,76-,77-,78-,79-,80+,81-,90+,91+,92+/m1/s1. The van der Waals surface area contributed by atoms with Crippen molar-refractivity contribution in [3.05, 3.63) is 164 Å². The Balaban J connectivity index is 1.05. The molecule has 23 atom stereocenters. The number of amides is 9. The molecule has 7 aromatic rings. The Bertz CT molecular complexity index is 5670. The molecule has 0 aromatic heterocycles. The topological polar surface area (TPSA) is 666 Å². The number of phenols is 4. The number of benzene rings is 7. The van der Waals surface area contributed by atoms with Crippen LogP contribution in [0.25, 0.3) is 11.1 Å². The van der Waals surface area contributed by atoms with Crippen LogP contribution in [0.5, 0.6) is 69.0 Å². The van der Waals surface area contributed by atoms with E-state index in [1.165, 1.54) is 30.3 Å². The molecule has 9 aliphatic rings. The number of aliphatic hydroxyl groups excluding tert-OH is 10. The fraction of sp³-hybridized carbons (Fsp3) is 0.446. The molecule has 0 aliphatic carbocycles. The van der Waals surface area contributed by atoms with Gasteiger partial charge in [0.1, 0.15) is 162 Å². The summed E-state index contributed by atoms with van der Waals surface area (Å²) in [6, 6.07) is 1.89. The second-order valence-electron chi connectivity index (χ2n) is 34.5. The van der Waals surface area contributed by atoms with E-state index in [4.69, 9.17) is 71.6 Å². The van der Waals surface area contributed by atoms with Crippen molar-refractivity contribution in [1.82, 2.24) is 53.2 Å². The van der Waals surface area contributed by atoms with E-state index in [0.29, 0.717) is 25.3 Å². The van der Waals surface area contributed by atoms with Gasteiger partial charge in [0.2, 0.25) is 71.5 Å². The first-order chi connectivity index (χ1) is 65.4. The molecule has 0 radical (unpaired) electrons. The predicted molar refractivity (Wildman–Crippen MR) is 477 cm³/mol. The average molecular weight is 1950 g/mol. The maximum Gasteiger partial charge on any atom is 0.248 e. The summed E-state index contributed by atoms with van der Waals surface area (Å²) in [5.74, 6) is -17.6. The number of aromatic hydroxyl groups is 4. The Morgan fingerprint density at radius 3 is 1.72 bits per heavy atom. The van der Waals surface area contributed by atoms with Gasteiger partial charge in [0, 0.05) is 56.1 Å². The second-order valence-corrected chi connectivity index (χ2v) is 35.3. The van der Waals surface area contributed by atoms with Crippen molar-refractivity contribution in [1.29, 1.82) is 0 Å². The van der Waals surface area contributed by atoms with Gasteiger partial charge >= 0.3 is 0 Å². The fourth-order valence-corrected chi connectivity index (χ4v) is 17.5. The van der Waals surface area contributed by atoms with Crippen molar-refractivity contribution >= 4 is 76.4 Å². The van der Waals surface area contributed by atoms with E-state index in [-0.39, 0.29) is 64.0 Å². The minimum absolute atomic E-state index is 0.0330. The van der Waals surface area contributed by atoms with Gasteiger partial charge in [-0.1, -0.05) is 93.9 Å². The van der Waals surface area contributed by atoms with Crippen molar-refractivity contribution in [3.63, 3.8) is 0 Å². The van der Waals surface area contributed by atoms with E-state index in [0.717, 1.165) is 111 Å². The summed E-state index contributed by atoms with van der Waals surface area (Å²) in [6.07, 6.45) is -25.6. The van der Waals surface area contributed by atoms with Crippen LogP contribution in [0.3, 0.4) is 0 Å². The number of likely N-dealkylation sites (N-methyl/N-ethyl adjacent to an activating group) is 1. The molecule has 137 heavy (non-hydrogen) atoms. The maximum absolute atomic E-state index is 17.2. The number of aliphatic hydroxyl groups is 10. The molecular formula is C92H107Cl2N11O32. The molecule has 43 nitrogen and oxygen atoms in total. The lowest BCUT2D eigenvalue weighted by Crippen LogP contribution is -2.65. The molecule has 9 heterocycles.